The van der Waals surface area contributed by atoms with Crippen molar-refractivity contribution < 1.29 is 14.4 Å². The molecule has 7 nitrogen and oxygen atoms in total. The quantitative estimate of drug-likeness (QED) is 0.442. The van der Waals surface area contributed by atoms with Crippen molar-refractivity contribution >= 4 is 29.5 Å². The van der Waals surface area contributed by atoms with Crippen LogP contribution in [0, 0.1) is 0 Å². The van der Waals surface area contributed by atoms with Crippen molar-refractivity contribution in [1.82, 2.24) is 15.5 Å². The molecule has 0 saturated carbocycles. The second-order valence-corrected chi connectivity index (χ2v) is 10.7. The molecule has 4 rings (SSSR count). The van der Waals surface area contributed by atoms with Gasteiger partial charge in [-0.3, -0.25) is 14.4 Å². The fourth-order valence-electron chi connectivity index (χ4n) is 4.10. The number of nitrogens with zero attached hydrogens (tertiary/aromatic N) is 1. The Balaban J connectivity index is 1.58. The van der Waals surface area contributed by atoms with Gasteiger partial charge < -0.3 is 21.3 Å². The molecule has 1 aliphatic rings. The minimum atomic E-state index is -1.10. The fourth-order valence-corrected chi connectivity index (χ4v) is 5.22. The van der Waals surface area contributed by atoms with Gasteiger partial charge in [0.25, 0.3) is 11.8 Å². The Morgan fingerprint density at radius 3 is 2.41 bits per heavy atom. The lowest BCUT2D eigenvalue weighted by molar-refractivity contribution is -0.135. The molecule has 1 heterocycles. The summed E-state index contributed by atoms with van der Waals surface area (Å²) in [6.45, 7) is 6.49. The maximum atomic E-state index is 13.6. The molecule has 1 atom stereocenters. The van der Waals surface area contributed by atoms with E-state index >= 15 is 0 Å². The minimum Gasteiger partial charge on any atom is -0.352 e. The predicted molar refractivity (Wildman–Crippen MR) is 147 cm³/mol. The third-order valence-electron chi connectivity index (χ3n) is 6.11. The molecule has 3 aromatic rings. The van der Waals surface area contributed by atoms with E-state index in [0.717, 1.165) is 27.1 Å². The van der Waals surface area contributed by atoms with E-state index in [4.69, 9.17) is 5.73 Å². The Labute approximate surface area is 221 Å². The number of nitrogens with one attached hydrogen (secondary N) is 2. The van der Waals surface area contributed by atoms with E-state index in [0.29, 0.717) is 25.2 Å². The van der Waals surface area contributed by atoms with E-state index < -0.39 is 10.9 Å². The first-order valence-electron chi connectivity index (χ1n) is 12.3. The third kappa shape index (κ3) is 6.21. The number of benzene rings is 3. The van der Waals surface area contributed by atoms with E-state index in [1.54, 1.807) is 18.7 Å². The molecular formula is C29H32N4O3S. The highest BCUT2D eigenvalue weighted by Gasteiger charge is 2.34. The molecule has 0 spiro atoms. The molecular weight excluding hydrogens is 484 g/mol. The zero-order chi connectivity index (χ0) is 26.6. The van der Waals surface area contributed by atoms with Gasteiger partial charge in [0, 0.05) is 30.1 Å². The number of carbonyl (C=O) groups excluding carboxylic acids is 3. The van der Waals surface area contributed by atoms with Crippen LogP contribution < -0.4 is 16.4 Å². The van der Waals surface area contributed by atoms with Crippen LogP contribution in [0.2, 0.25) is 0 Å². The largest absolute Gasteiger partial charge is 0.352 e. The highest BCUT2D eigenvalue weighted by atomic mass is 32.2. The SMILES string of the molecule is CCNC(=O)c1ccccc1-c1ccc(CN2Cc3ccccc3SC(NC(=O)C(C)(C)N)C2=O)cc1. The van der Waals surface area contributed by atoms with Crippen LogP contribution in [0.5, 0.6) is 0 Å². The van der Waals surface area contributed by atoms with Gasteiger partial charge in [-0.25, -0.2) is 0 Å². The third-order valence-corrected chi connectivity index (χ3v) is 7.32. The Morgan fingerprint density at radius 2 is 1.70 bits per heavy atom. The molecule has 37 heavy (non-hydrogen) atoms. The van der Waals surface area contributed by atoms with Crippen molar-refractivity contribution in [3.05, 3.63) is 89.5 Å². The average molecular weight is 517 g/mol. The van der Waals surface area contributed by atoms with E-state index in [-0.39, 0.29) is 17.7 Å². The number of amides is 3. The topological polar surface area (TPSA) is 105 Å². The summed E-state index contributed by atoms with van der Waals surface area (Å²) in [5, 5.41) is 4.92. The van der Waals surface area contributed by atoms with Gasteiger partial charge in [-0.1, -0.05) is 72.4 Å². The number of rotatable bonds is 7. The molecule has 0 bridgehead atoms. The lowest BCUT2D eigenvalue weighted by Gasteiger charge is -2.27. The van der Waals surface area contributed by atoms with Crippen LogP contribution in [-0.2, 0) is 22.7 Å². The number of carbonyl (C=O) groups is 3. The van der Waals surface area contributed by atoms with Gasteiger partial charge in [-0.2, -0.15) is 0 Å². The van der Waals surface area contributed by atoms with Crippen molar-refractivity contribution in [2.45, 2.75) is 49.7 Å². The van der Waals surface area contributed by atoms with Gasteiger partial charge in [-0.05, 0) is 55.2 Å². The average Bonchev–Trinajstić information content (AvgIpc) is 3.00. The molecule has 1 unspecified atom stereocenters. The van der Waals surface area contributed by atoms with Gasteiger partial charge in [0.1, 0.15) is 0 Å². The normalized spacial score (nSPS) is 15.5. The van der Waals surface area contributed by atoms with E-state index in [1.807, 2.05) is 79.7 Å². The Bertz CT molecular complexity index is 1300. The molecule has 0 fully saturated rings. The highest BCUT2D eigenvalue weighted by molar-refractivity contribution is 8.00. The lowest BCUT2D eigenvalue weighted by Crippen LogP contribution is -2.54. The van der Waals surface area contributed by atoms with E-state index in [9.17, 15) is 14.4 Å². The maximum Gasteiger partial charge on any atom is 0.256 e. The number of thioether (sulfide) groups is 1. The zero-order valence-electron chi connectivity index (χ0n) is 21.3. The van der Waals surface area contributed by atoms with Crippen LogP contribution in [0.4, 0.5) is 0 Å². The number of hydrogen-bond donors (Lipinski definition) is 3. The number of nitrogens with two attached hydrogens (primary N) is 1. The van der Waals surface area contributed by atoms with Gasteiger partial charge in [-0.15, -0.1) is 0 Å². The fraction of sp³-hybridized carbons (Fsp3) is 0.276. The van der Waals surface area contributed by atoms with E-state index in [2.05, 4.69) is 10.6 Å². The van der Waals surface area contributed by atoms with Crippen LogP contribution in [0.3, 0.4) is 0 Å². The lowest BCUT2D eigenvalue weighted by atomic mass is 9.98. The summed E-state index contributed by atoms with van der Waals surface area (Å²) < 4.78 is 0. The molecule has 8 heteroatoms. The summed E-state index contributed by atoms with van der Waals surface area (Å²) in [5.74, 6) is -0.667. The first kappa shape index (κ1) is 26.4. The smallest absolute Gasteiger partial charge is 0.256 e. The van der Waals surface area contributed by atoms with Crippen LogP contribution in [0.25, 0.3) is 11.1 Å². The van der Waals surface area contributed by atoms with Gasteiger partial charge in [0.15, 0.2) is 5.37 Å². The molecule has 0 aromatic heterocycles. The molecule has 1 aliphatic heterocycles. The predicted octanol–water partition coefficient (Wildman–Crippen LogP) is 3.92. The van der Waals surface area contributed by atoms with Crippen molar-refractivity contribution in [3.8, 4) is 11.1 Å². The van der Waals surface area contributed by atoms with Crippen molar-refractivity contribution in [2.75, 3.05) is 6.54 Å². The summed E-state index contributed by atoms with van der Waals surface area (Å²) in [6.07, 6.45) is 0. The second-order valence-electron chi connectivity index (χ2n) is 9.60. The summed E-state index contributed by atoms with van der Waals surface area (Å²) >= 11 is 1.34. The van der Waals surface area contributed by atoms with Crippen molar-refractivity contribution in [2.24, 2.45) is 5.73 Å². The Kier molecular flexibility index (Phi) is 8.00. The molecule has 0 aliphatic carbocycles. The first-order valence-corrected chi connectivity index (χ1v) is 13.1. The van der Waals surface area contributed by atoms with Gasteiger partial charge in [0.05, 0.1) is 5.54 Å². The summed E-state index contributed by atoms with van der Waals surface area (Å²) in [5.41, 5.74) is 9.23. The monoisotopic (exact) mass is 516 g/mol. The Morgan fingerprint density at radius 1 is 1.03 bits per heavy atom. The first-order chi connectivity index (χ1) is 17.7. The van der Waals surface area contributed by atoms with Crippen LogP contribution in [-0.4, -0.2) is 40.1 Å². The van der Waals surface area contributed by atoms with Crippen LogP contribution in [0.1, 0.15) is 42.3 Å². The zero-order valence-corrected chi connectivity index (χ0v) is 22.1. The molecule has 4 N–H and O–H groups in total. The van der Waals surface area contributed by atoms with Crippen LogP contribution >= 0.6 is 11.8 Å². The highest BCUT2D eigenvalue weighted by Crippen LogP contribution is 2.33. The van der Waals surface area contributed by atoms with Gasteiger partial charge >= 0.3 is 0 Å². The molecule has 0 saturated heterocycles. The minimum absolute atomic E-state index is 0.109. The standard InChI is InChI=1S/C29H32N4O3S/c1-4-31-25(34)23-11-7-6-10-22(23)20-15-13-19(14-16-20)17-33-18-21-9-5-8-12-24(21)37-26(27(33)35)32-28(36)29(2,3)30/h5-16,26H,4,17-18,30H2,1-3H3,(H,31,34)(H,32,36). The second kappa shape index (κ2) is 11.2. The number of hydrogen-bond acceptors (Lipinski definition) is 5. The molecule has 0 radical (unpaired) electrons. The van der Waals surface area contributed by atoms with Gasteiger partial charge in [0.2, 0.25) is 5.91 Å². The van der Waals surface area contributed by atoms with Crippen molar-refractivity contribution in [3.63, 3.8) is 0 Å². The summed E-state index contributed by atoms with van der Waals surface area (Å²) in [4.78, 5) is 41.4. The summed E-state index contributed by atoms with van der Waals surface area (Å²) in [6, 6.07) is 23.2. The molecule has 3 amide bonds. The Hall–Kier alpha value is -3.62. The van der Waals surface area contributed by atoms with Crippen LogP contribution in [0.15, 0.2) is 77.7 Å². The number of fused-ring (bicyclic) bond motifs is 1. The molecule has 192 valence electrons. The summed E-state index contributed by atoms with van der Waals surface area (Å²) in [7, 11) is 0. The van der Waals surface area contributed by atoms with E-state index in [1.165, 1.54) is 11.8 Å². The van der Waals surface area contributed by atoms with Crippen molar-refractivity contribution in [1.29, 1.82) is 0 Å². The maximum absolute atomic E-state index is 13.6. The molecule has 3 aromatic carbocycles.